The topological polar surface area (TPSA) is 115 Å². The molecule has 3 N–H and O–H groups in total. The van der Waals surface area contributed by atoms with E-state index in [2.05, 4.69) is 41.0 Å². The van der Waals surface area contributed by atoms with Gasteiger partial charge in [0.2, 0.25) is 0 Å². The molecule has 0 fully saturated rings. The van der Waals surface area contributed by atoms with E-state index < -0.39 is 6.03 Å². The van der Waals surface area contributed by atoms with Crippen LogP contribution in [-0.4, -0.2) is 33.1 Å². The van der Waals surface area contributed by atoms with Gasteiger partial charge in [-0.05, 0) is 35.3 Å². The summed E-state index contributed by atoms with van der Waals surface area (Å²) in [4.78, 5) is 25.0. The van der Waals surface area contributed by atoms with E-state index in [1.807, 2.05) is 42.5 Å². The normalized spacial score (nSPS) is 13.8. The van der Waals surface area contributed by atoms with Gasteiger partial charge in [0, 0.05) is 22.9 Å². The van der Waals surface area contributed by atoms with Gasteiger partial charge in [-0.2, -0.15) is 9.97 Å². The van der Waals surface area contributed by atoms with Gasteiger partial charge in [-0.25, -0.2) is 20.6 Å². The van der Waals surface area contributed by atoms with E-state index in [4.69, 9.17) is 15.3 Å². The molecule has 9 nitrogen and oxygen atoms in total. The summed E-state index contributed by atoms with van der Waals surface area (Å²) in [5, 5.41) is 5.62. The van der Waals surface area contributed by atoms with Crippen molar-refractivity contribution in [1.82, 2.24) is 20.0 Å². The third-order valence-electron chi connectivity index (χ3n) is 5.58. The number of rotatable bonds is 5. The Morgan fingerprint density at radius 2 is 1.77 bits per heavy atom. The smallest absolute Gasteiger partial charge is 0.340 e. The first-order chi connectivity index (χ1) is 16.8. The van der Waals surface area contributed by atoms with Crippen LogP contribution in [-0.2, 0) is 4.74 Å². The van der Waals surface area contributed by atoms with E-state index >= 15 is 0 Å². The number of hydrogen-bond donors (Lipinski definition) is 2. The average molecular weight is 473 g/mol. The number of carbonyl (C=O) groups is 1. The van der Waals surface area contributed by atoms with Crippen molar-refractivity contribution in [3.8, 4) is 11.8 Å². The predicted octanol–water partition coefficient (Wildman–Crippen LogP) is 5.32. The summed E-state index contributed by atoms with van der Waals surface area (Å²) < 4.78 is 11.3. The highest BCUT2D eigenvalue weighted by Gasteiger charge is 2.23. The number of hydrazine groups is 1. The van der Waals surface area contributed by atoms with Crippen LogP contribution >= 0.6 is 0 Å². The highest BCUT2D eigenvalue weighted by atomic mass is 16.5. The van der Waals surface area contributed by atoms with Crippen LogP contribution in [0.25, 0.3) is 10.8 Å². The molecule has 0 aliphatic heterocycles. The Labute approximate surface area is 204 Å². The van der Waals surface area contributed by atoms with Gasteiger partial charge >= 0.3 is 12.0 Å². The van der Waals surface area contributed by atoms with Crippen LogP contribution in [0.15, 0.2) is 84.3 Å². The average Bonchev–Trinajstić information content (AvgIpc) is 3.09. The van der Waals surface area contributed by atoms with Crippen LogP contribution in [0.4, 0.5) is 10.5 Å². The lowest BCUT2D eigenvalue weighted by Crippen LogP contribution is -2.40. The van der Waals surface area contributed by atoms with E-state index in [-0.39, 0.29) is 11.4 Å². The molecule has 0 radical (unpaired) electrons. The number of ether oxygens (including phenoxy) is 2. The summed E-state index contributed by atoms with van der Waals surface area (Å²) in [6.45, 7) is 6.31. The minimum atomic E-state index is -0.474. The molecule has 0 saturated carbocycles. The van der Waals surface area contributed by atoms with Gasteiger partial charge in [0.1, 0.15) is 24.2 Å². The number of aromatic nitrogens is 3. The monoisotopic (exact) mass is 472 g/mol. The van der Waals surface area contributed by atoms with Crippen molar-refractivity contribution in [1.29, 1.82) is 0 Å². The first kappa shape index (κ1) is 23.9. The summed E-state index contributed by atoms with van der Waals surface area (Å²) in [6, 6.07) is 10.8. The zero-order valence-corrected chi connectivity index (χ0v) is 20.1. The molecule has 0 atom stereocenters. The second-order valence-corrected chi connectivity index (χ2v) is 9.00. The van der Waals surface area contributed by atoms with Gasteiger partial charge < -0.3 is 14.8 Å². The van der Waals surface area contributed by atoms with Gasteiger partial charge in [0.05, 0.1) is 12.8 Å². The summed E-state index contributed by atoms with van der Waals surface area (Å²) in [5.41, 5.74) is 2.11. The molecule has 35 heavy (non-hydrogen) atoms. The SMILES string of the molecule is COC1=CC=C(C(C)(C)C)C=C(N(N)C(=O)Nc2ccc(Oc3ncncn3)c3ccccc23)C1. The molecule has 4 rings (SSSR count). The number of benzene rings is 2. The maximum Gasteiger partial charge on any atom is 0.340 e. The lowest BCUT2D eigenvalue weighted by Gasteiger charge is -2.24. The summed E-state index contributed by atoms with van der Waals surface area (Å²) in [6.07, 6.45) is 8.95. The molecule has 1 aromatic heterocycles. The number of methoxy groups -OCH3 is 1. The lowest BCUT2D eigenvalue weighted by molar-refractivity contribution is 0.221. The van der Waals surface area contributed by atoms with Crippen LogP contribution in [0.5, 0.6) is 11.8 Å². The number of urea groups is 1. The number of hydrogen-bond acceptors (Lipinski definition) is 7. The van der Waals surface area contributed by atoms with E-state index in [0.29, 0.717) is 29.3 Å². The molecule has 1 aliphatic rings. The zero-order valence-electron chi connectivity index (χ0n) is 20.1. The maximum absolute atomic E-state index is 13.2. The van der Waals surface area contributed by atoms with Gasteiger partial charge in [0.25, 0.3) is 0 Å². The summed E-state index contributed by atoms with van der Waals surface area (Å²) in [7, 11) is 1.60. The Bertz CT molecular complexity index is 1330. The highest BCUT2D eigenvalue weighted by molar-refractivity contribution is 6.04. The molecule has 1 aliphatic carbocycles. The van der Waals surface area contributed by atoms with Crippen LogP contribution in [0.1, 0.15) is 27.2 Å². The second kappa shape index (κ2) is 9.94. The van der Waals surface area contributed by atoms with E-state index in [1.165, 1.54) is 12.7 Å². The van der Waals surface area contributed by atoms with Gasteiger partial charge in [-0.15, -0.1) is 0 Å². The molecule has 1 heterocycles. The van der Waals surface area contributed by atoms with Crippen molar-refractivity contribution in [2.45, 2.75) is 27.2 Å². The quantitative estimate of drug-likeness (QED) is 0.293. The minimum Gasteiger partial charge on any atom is -0.501 e. The van der Waals surface area contributed by atoms with Crippen LogP contribution in [0.3, 0.4) is 0 Å². The van der Waals surface area contributed by atoms with E-state index in [0.717, 1.165) is 21.4 Å². The zero-order chi connectivity index (χ0) is 25.0. The van der Waals surface area contributed by atoms with E-state index in [9.17, 15) is 4.79 Å². The first-order valence-corrected chi connectivity index (χ1v) is 11.1. The number of anilines is 1. The molecular formula is C26H28N6O3. The number of amides is 2. The fraction of sp³-hybridized carbons (Fsp3) is 0.231. The molecule has 2 aromatic carbocycles. The van der Waals surface area contributed by atoms with Crippen molar-refractivity contribution in [3.63, 3.8) is 0 Å². The molecule has 0 unspecified atom stereocenters. The third kappa shape index (κ3) is 5.47. The third-order valence-corrected chi connectivity index (χ3v) is 5.58. The Morgan fingerprint density at radius 3 is 2.46 bits per heavy atom. The molecule has 9 heteroatoms. The fourth-order valence-electron chi connectivity index (χ4n) is 3.62. The largest absolute Gasteiger partial charge is 0.501 e. The predicted molar refractivity (Wildman–Crippen MR) is 134 cm³/mol. The van der Waals surface area contributed by atoms with Crippen LogP contribution in [0.2, 0.25) is 0 Å². The highest BCUT2D eigenvalue weighted by Crippen LogP contribution is 2.34. The Kier molecular flexibility index (Phi) is 6.79. The van der Waals surface area contributed by atoms with Crippen molar-refractivity contribution in [2.75, 3.05) is 12.4 Å². The fourth-order valence-corrected chi connectivity index (χ4v) is 3.62. The molecule has 2 amide bonds. The van der Waals surface area contributed by atoms with Crippen LogP contribution in [0, 0.1) is 5.41 Å². The van der Waals surface area contributed by atoms with E-state index in [1.54, 1.807) is 19.2 Å². The molecule has 3 aromatic rings. The van der Waals surface area contributed by atoms with Gasteiger partial charge in [-0.3, -0.25) is 0 Å². The molecular weight excluding hydrogens is 444 g/mol. The number of fused-ring (bicyclic) bond motifs is 1. The molecule has 0 spiro atoms. The van der Waals surface area contributed by atoms with Gasteiger partial charge in [-0.1, -0.05) is 51.1 Å². The number of nitrogens with zero attached hydrogens (tertiary/aromatic N) is 4. The minimum absolute atomic E-state index is 0.132. The summed E-state index contributed by atoms with van der Waals surface area (Å²) in [5.74, 6) is 7.57. The van der Waals surface area contributed by atoms with Gasteiger partial charge in [0.15, 0.2) is 0 Å². The molecule has 180 valence electrons. The van der Waals surface area contributed by atoms with Crippen molar-refractivity contribution in [2.24, 2.45) is 11.3 Å². The van der Waals surface area contributed by atoms with Crippen LogP contribution < -0.4 is 15.9 Å². The number of nitrogens with one attached hydrogen (secondary N) is 1. The Morgan fingerprint density at radius 1 is 1.06 bits per heavy atom. The van der Waals surface area contributed by atoms with Crippen molar-refractivity contribution >= 4 is 22.5 Å². The molecule has 0 saturated heterocycles. The Hall–Kier alpha value is -4.24. The Balaban J connectivity index is 1.61. The number of nitrogens with two attached hydrogens (primary N) is 1. The second-order valence-electron chi connectivity index (χ2n) is 9.00. The number of allylic oxidation sites excluding steroid dienone is 4. The lowest BCUT2D eigenvalue weighted by atomic mass is 9.86. The maximum atomic E-state index is 13.2. The summed E-state index contributed by atoms with van der Waals surface area (Å²) >= 11 is 0. The standard InChI is InChI=1S/C26H28N6O3/c1-26(2,3)17-9-10-19(34-4)14-18(13-17)32(27)25(33)31-22-11-12-23(21-8-6-5-7-20(21)22)35-24-29-15-28-16-30-24/h5-13,15-16H,14,27H2,1-4H3,(H,31,33). The van der Waals surface area contributed by atoms with Crippen molar-refractivity contribution in [3.05, 3.63) is 84.3 Å². The molecule has 0 bridgehead atoms. The first-order valence-electron chi connectivity index (χ1n) is 11.1. The number of carbonyl (C=O) groups excluding carboxylic acids is 1. The van der Waals surface area contributed by atoms with Crippen molar-refractivity contribution < 1.29 is 14.3 Å².